The monoisotopic (exact) mass is 229 g/mol. The Bertz CT molecular complexity index is 610. The van der Waals surface area contributed by atoms with E-state index in [-0.39, 0.29) is 0 Å². The van der Waals surface area contributed by atoms with Gasteiger partial charge in [0.05, 0.1) is 7.11 Å². The largest absolute Gasteiger partial charge is 0.497 e. The molecular formula is C13H11NOS. The summed E-state index contributed by atoms with van der Waals surface area (Å²) in [4.78, 5) is 3.40. The number of H-pyrrole nitrogens is 1. The minimum Gasteiger partial charge on any atom is -0.497 e. The van der Waals surface area contributed by atoms with E-state index >= 15 is 0 Å². The van der Waals surface area contributed by atoms with Crippen molar-refractivity contribution in [3.05, 3.63) is 41.1 Å². The second kappa shape index (κ2) is 3.68. The van der Waals surface area contributed by atoms with Crippen molar-refractivity contribution >= 4 is 22.2 Å². The highest BCUT2D eigenvalue weighted by Crippen LogP contribution is 2.27. The summed E-state index contributed by atoms with van der Waals surface area (Å²) in [5, 5.41) is 5.44. The maximum atomic E-state index is 5.20. The lowest BCUT2D eigenvalue weighted by atomic mass is 10.2. The van der Waals surface area contributed by atoms with Crippen molar-refractivity contribution in [1.82, 2.24) is 4.98 Å². The normalized spacial score (nSPS) is 10.8. The molecule has 0 bridgehead atoms. The number of hydrogen-bond acceptors (Lipinski definition) is 2. The molecule has 2 nitrogen and oxygen atoms in total. The maximum absolute atomic E-state index is 5.20. The van der Waals surface area contributed by atoms with Crippen LogP contribution in [-0.4, -0.2) is 12.1 Å². The van der Waals surface area contributed by atoms with Gasteiger partial charge in [-0.2, -0.15) is 11.3 Å². The van der Waals surface area contributed by atoms with E-state index in [2.05, 4.69) is 33.9 Å². The highest BCUT2D eigenvalue weighted by atomic mass is 32.1. The SMILES string of the molecule is COc1ccc2cc(-c3ccsc3)[nH]c2c1. The predicted octanol–water partition coefficient (Wildman–Crippen LogP) is 3.91. The molecule has 0 saturated heterocycles. The number of fused-ring (bicyclic) bond motifs is 1. The van der Waals surface area contributed by atoms with Crippen molar-refractivity contribution in [2.24, 2.45) is 0 Å². The molecule has 1 N–H and O–H groups in total. The lowest BCUT2D eigenvalue weighted by Gasteiger charge is -1.97. The average molecular weight is 229 g/mol. The quantitative estimate of drug-likeness (QED) is 0.708. The molecule has 3 rings (SSSR count). The summed E-state index contributed by atoms with van der Waals surface area (Å²) < 4.78 is 5.20. The molecule has 0 aliphatic rings. The molecule has 2 aromatic heterocycles. The van der Waals surface area contributed by atoms with E-state index in [4.69, 9.17) is 4.74 Å². The third kappa shape index (κ3) is 1.49. The number of methoxy groups -OCH3 is 1. The Morgan fingerprint density at radius 1 is 1.19 bits per heavy atom. The van der Waals surface area contributed by atoms with Gasteiger partial charge in [0.25, 0.3) is 0 Å². The van der Waals surface area contributed by atoms with Gasteiger partial charge in [-0.25, -0.2) is 0 Å². The van der Waals surface area contributed by atoms with E-state index in [1.54, 1.807) is 18.4 Å². The first-order chi connectivity index (χ1) is 7.86. The maximum Gasteiger partial charge on any atom is 0.120 e. The van der Waals surface area contributed by atoms with Crippen molar-refractivity contribution in [3.63, 3.8) is 0 Å². The van der Waals surface area contributed by atoms with Crippen molar-refractivity contribution in [1.29, 1.82) is 0 Å². The van der Waals surface area contributed by atoms with Crippen molar-refractivity contribution in [2.75, 3.05) is 7.11 Å². The van der Waals surface area contributed by atoms with Crippen LogP contribution in [0.4, 0.5) is 0 Å². The number of nitrogens with one attached hydrogen (secondary N) is 1. The molecule has 0 saturated carbocycles. The average Bonchev–Trinajstić information content (AvgIpc) is 2.96. The molecule has 0 spiro atoms. The Morgan fingerprint density at radius 3 is 2.88 bits per heavy atom. The van der Waals surface area contributed by atoms with Gasteiger partial charge in [0, 0.05) is 33.6 Å². The summed E-state index contributed by atoms with van der Waals surface area (Å²) >= 11 is 1.71. The third-order valence-corrected chi connectivity index (χ3v) is 3.35. The first-order valence-corrected chi connectivity index (χ1v) is 6.00. The second-order valence-electron chi connectivity index (χ2n) is 3.65. The van der Waals surface area contributed by atoms with Gasteiger partial charge in [-0.1, -0.05) is 0 Å². The van der Waals surface area contributed by atoms with E-state index < -0.39 is 0 Å². The van der Waals surface area contributed by atoms with Crippen LogP contribution in [0.3, 0.4) is 0 Å². The molecule has 0 unspecified atom stereocenters. The van der Waals surface area contributed by atoms with Gasteiger partial charge in [-0.05, 0) is 29.6 Å². The van der Waals surface area contributed by atoms with Crippen molar-refractivity contribution in [2.45, 2.75) is 0 Å². The predicted molar refractivity (Wildman–Crippen MR) is 68.2 cm³/mol. The molecule has 0 amide bonds. The Kier molecular flexibility index (Phi) is 2.18. The summed E-state index contributed by atoms with van der Waals surface area (Å²) in [6.07, 6.45) is 0. The van der Waals surface area contributed by atoms with Gasteiger partial charge in [-0.15, -0.1) is 0 Å². The summed E-state index contributed by atoms with van der Waals surface area (Å²) in [7, 11) is 1.68. The summed E-state index contributed by atoms with van der Waals surface area (Å²) in [5.74, 6) is 0.881. The Labute approximate surface area is 97.5 Å². The number of aromatic amines is 1. The van der Waals surface area contributed by atoms with Crippen LogP contribution in [0.5, 0.6) is 5.75 Å². The van der Waals surface area contributed by atoms with Gasteiger partial charge in [0.15, 0.2) is 0 Å². The fourth-order valence-electron chi connectivity index (χ4n) is 1.81. The minimum absolute atomic E-state index is 0.881. The standard InChI is InChI=1S/C13H11NOS/c1-15-11-3-2-9-6-12(14-13(9)7-11)10-4-5-16-8-10/h2-8,14H,1H3. The lowest BCUT2D eigenvalue weighted by molar-refractivity contribution is 0.415. The van der Waals surface area contributed by atoms with Crippen LogP contribution in [0.15, 0.2) is 41.1 Å². The fraction of sp³-hybridized carbons (Fsp3) is 0.0769. The minimum atomic E-state index is 0.881. The Morgan fingerprint density at radius 2 is 2.12 bits per heavy atom. The zero-order chi connectivity index (χ0) is 11.0. The number of ether oxygens (including phenoxy) is 1. The fourth-order valence-corrected chi connectivity index (χ4v) is 2.46. The number of thiophene rings is 1. The topological polar surface area (TPSA) is 25.0 Å². The van der Waals surface area contributed by atoms with Crippen LogP contribution >= 0.6 is 11.3 Å². The van der Waals surface area contributed by atoms with Crippen LogP contribution in [0.2, 0.25) is 0 Å². The zero-order valence-corrected chi connectivity index (χ0v) is 9.67. The molecular weight excluding hydrogens is 218 g/mol. The highest BCUT2D eigenvalue weighted by Gasteiger charge is 2.04. The molecule has 0 aliphatic heterocycles. The van der Waals surface area contributed by atoms with Crippen LogP contribution in [0.1, 0.15) is 0 Å². The Balaban J connectivity index is 2.16. The van der Waals surface area contributed by atoms with E-state index in [1.807, 2.05) is 12.1 Å². The van der Waals surface area contributed by atoms with E-state index in [0.29, 0.717) is 0 Å². The van der Waals surface area contributed by atoms with E-state index in [1.165, 1.54) is 10.9 Å². The number of aromatic nitrogens is 1. The summed E-state index contributed by atoms with van der Waals surface area (Å²) in [6, 6.07) is 10.3. The molecule has 0 atom stereocenters. The number of hydrogen-bond donors (Lipinski definition) is 1. The summed E-state index contributed by atoms with van der Waals surface area (Å²) in [5.41, 5.74) is 3.50. The third-order valence-electron chi connectivity index (χ3n) is 2.66. The van der Waals surface area contributed by atoms with Gasteiger partial charge in [0.1, 0.15) is 5.75 Å². The zero-order valence-electron chi connectivity index (χ0n) is 8.86. The molecule has 0 aliphatic carbocycles. The van der Waals surface area contributed by atoms with Crippen LogP contribution < -0.4 is 4.74 Å². The number of rotatable bonds is 2. The lowest BCUT2D eigenvalue weighted by Crippen LogP contribution is -1.80. The van der Waals surface area contributed by atoms with Gasteiger partial charge >= 0.3 is 0 Å². The van der Waals surface area contributed by atoms with Crippen LogP contribution in [-0.2, 0) is 0 Å². The van der Waals surface area contributed by atoms with Crippen molar-refractivity contribution < 1.29 is 4.74 Å². The van der Waals surface area contributed by atoms with Crippen molar-refractivity contribution in [3.8, 4) is 17.0 Å². The first-order valence-electron chi connectivity index (χ1n) is 5.06. The smallest absolute Gasteiger partial charge is 0.120 e. The Hall–Kier alpha value is -1.74. The molecule has 2 heterocycles. The first kappa shape index (κ1) is 9.48. The molecule has 16 heavy (non-hydrogen) atoms. The second-order valence-corrected chi connectivity index (χ2v) is 4.43. The molecule has 80 valence electrons. The molecule has 0 radical (unpaired) electrons. The van der Waals surface area contributed by atoms with Crippen LogP contribution in [0, 0.1) is 0 Å². The van der Waals surface area contributed by atoms with Gasteiger partial charge in [-0.3, -0.25) is 0 Å². The molecule has 0 fully saturated rings. The van der Waals surface area contributed by atoms with E-state index in [9.17, 15) is 0 Å². The molecule has 3 aromatic rings. The summed E-state index contributed by atoms with van der Waals surface area (Å²) in [6.45, 7) is 0. The van der Waals surface area contributed by atoms with E-state index in [0.717, 1.165) is 17.0 Å². The number of benzene rings is 1. The van der Waals surface area contributed by atoms with Gasteiger partial charge in [0.2, 0.25) is 0 Å². The van der Waals surface area contributed by atoms with Gasteiger partial charge < -0.3 is 9.72 Å². The van der Waals surface area contributed by atoms with Crippen LogP contribution in [0.25, 0.3) is 22.2 Å². The molecule has 3 heteroatoms. The molecule has 1 aromatic carbocycles. The highest BCUT2D eigenvalue weighted by molar-refractivity contribution is 7.08.